The zero-order chi connectivity index (χ0) is 10.4. The zero-order valence-corrected chi connectivity index (χ0v) is 8.03. The molecule has 0 bridgehead atoms. The molecule has 0 aliphatic rings. The van der Waals surface area contributed by atoms with Gasteiger partial charge in [-0.2, -0.15) is 0 Å². The lowest BCUT2D eigenvalue weighted by atomic mass is 10.2. The van der Waals surface area contributed by atoms with E-state index < -0.39 is 11.6 Å². The fraction of sp³-hybridized carbons (Fsp3) is 0.222. The van der Waals surface area contributed by atoms with E-state index in [9.17, 15) is 13.6 Å². The molecule has 0 saturated carbocycles. The van der Waals surface area contributed by atoms with E-state index in [2.05, 4.69) is 0 Å². The lowest BCUT2D eigenvalue weighted by Crippen LogP contribution is -1.88. The van der Waals surface area contributed by atoms with E-state index in [0.29, 0.717) is 6.29 Å². The summed E-state index contributed by atoms with van der Waals surface area (Å²) in [4.78, 5) is 10.1. The third-order valence-corrected chi connectivity index (χ3v) is 1.49. The maximum Gasteiger partial charge on any atom is 0.160 e. The Morgan fingerprint density at radius 2 is 1.69 bits per heavy atom. The maximum absolute atomic E-state index is 12.4. The molecule has 0 radical (unpaired) electrons. The predicted molar refractivity (Wildman–Crippen MR) is 48.1 cm³/mol. The van der Waals surface area contributed by atoms with E-state index in [1.54, 1.807) is 0 Å². The van der Waals surface area contributed by atoms with Crippen molar-refractivity contribution in [2.45, 2.75) is 13.8 Å². The topological polar surface area (TPSA) is 17.1 Å². The maximum atomic E-state index is 12.4. The number of aldehydes is 1. The first-order valence-corrected chi connectivity index (χ1v) is 4.12. The summed E-state index contributed by atoms with van der Waals surface area (Å²) >= 11 is 5.36. The van der Waals surface area contributed by atoms with Crippen molar-refractivity contribution >= 4 is 17.9 Å². The minimum absolute atomic E-state index is 0.0504. The average molecular weight is 207 g/mol. The molecule has 13 heavy (non-hydrogen) atoms. The Bertz CT molecular complexity index is 300. The molecule has 0 aliphatic heterocycles. The number of hydrogen-bond acceptors (Lipinski definition) is 1. The van der Waals surface area contributed by atoms with Gasteiger partial charge in [-0.25, -0.2) is 8.78 Å². The van der Waals surface area contributed by atoms with Crippen LogP contribution in [0.3, 0.4) is 0 Å². The number of carbonyl (C=O) groups excluding carboxylic acids is 1. The van der Waals surface area contributed by atoms with Crippen molar-refractivity contribution in [3.05, 3.63) is 34.4 Å². The number of hydrogen-bond donors (Lipinski definition) is 0. The van der Waals surface area contributed by atoms with Gasteiger partial charge >= 0.3 is 0 Å². The smallest absolute Gasteiger partial charge is 0.160 e. The van der Waals surface area contributed by atoms with Gasteiger partial charge in [-0.15, -0.1) is 0 Å². The van der Waals surface area contributed by atoms with E-state index in [1.807, 2.05) is 13.8 Å². The van der Waals surface area contributed by atoms with Gasteiger partial charge in [-0.1, -0.05) is 25.4 Å². The number of rotatable bonds is 1. The minimum atomic E-state index is -1.07. The fourth-order valence-electron chi connectivity index (χ4n) is 0.628. The predicted octanol–water partition coefficient (Wildman–Crippen LogP) is 3.46. The van der Waals surface area contributed by atoms with Gasteiger partial charge in [0.2, 0.25) is 0 Å². The van der Waals surface area contributed by atoms with E-state index in [4.69, 9.17) is 11.6 Å². The van der Waals surface area contributed by atoms with Gasteiger partial charge in [0.05, 0.1) is 5.02 Å². The molecule has 0 heterocycles. The van der Waals surface area contributed by atoms with Gasteiger partial charge in [-0.3, -0.25) is 4.79 Å². The third-order valence-electron chi connectivity index (χ3n) is 1.17. The fourth-order valence-corrected chi connectivity index (χ4v) is 0.823. The van der Waals surface area contributed by atoms with E-state index >= 15 is 0 Å². The lowest BCUT2D eigenvalue weighted by molar-refractivity contribution is 0.112. The van der Waals surface area contributed by atoms with Crippen LogP contribution in [0.15, 0.2) is 12.1 Å². The SMILES string of the molecule is CC.O=Cc1cc(F)c(F)cc1Cl. The van der Waals surface area contributed by atoms with Crippen LogP contribution in [0.1, 0.15) is 24.2 Å². The molecule has 0 amide bonds. The summed E-state index contributed by atoms with van der Waals surface area (Å²) in [7, 11) is 0. The van der Waals surface area contributed by atoms with Crippen molar-refractivity contribution in [3.63, 3.8) is 0 Å². The van der Waals surface area contributed by atoms with Gasteiger partial charge in [0.1, 0.15) is 0 Å². The van der Waals surface area contributed by atoms with Crippen LogP contribution in [0.25, 0.3) is 0 Å². The first kappa shape index (κ1) is 12.0. The van der Waals surface area contributed by atoms with Crippen LogP contribution in [0.4, 0.5) is 8.78 Å². The van der Waals surface area contributed by atoms with E-state index in [-0.39, 0.29) is 10.6 Å². The highest BCUT2D eigenvalue weighted by atomic mass is 35.5. The summed E-state index contributed by atoms with van der Waals surface area (Å²) in [5.74, 6) is -2.13. The summed E-state index contributed by atoms with van der Waals surface area (Å²) in [5.41, 5.74) is -0.0504. The molecule has 0 aliphatic carbocycles. The van der Waals surface area contributed by atoms with Crippen molar-refractivity contribution in [1.29, 1.82) is 0 Å². The monoisotopic (exact) mass is 206 g/mol. The van der Waals surface area contributed by atoms with Crippen molar-refractivity contribution < 1.29 is 13.6 Å². The molecule has 4 heteroatoms. The highest BCUT2D eigenvalue weighted by Gasteiger charge is 2.06. The third kappa shape index (κ3) is 3.11. The zero-order valence-electron chi connectivity index (χ0n) is 7.27. The Kier molecular flexibility index (Phi) is 5.23. The van der Waals surface area contributed by atoms with Crippen LogP contribution in [0, 0.1) is 11.6 Å². The van der Waals surface area contributed by atoms with Crippen molar-refractivity contribution in [1.82, 2.24) is 0 Å². The quantitative estimate of drug-likeness (QED) is 0.508. The van der Waals surface area contributed by atoms with E-state index in [1.165, 1.54) is 0 Å². The van der Waals surface area contributed by atoms with E-state index in [0.717, 1.165) is 12.1 Å². The molecule has 1 nitrogen and oxygen atoms in total. The molecule has 1 rings (SSSR count). The molecular formula is C9H9ClF2O. The molecular weight excluding hydrogens is 198 g/mol. The summed E-state index contributed by atoms with van der Waals surface area (Å²) in [6.45, 7) is 4.00. The van der Waals surface area contributed by atoms with Gasteiger partial charge in [0.15, 0.2) is 17.9 Å². The molecule has 0 atom stereocenters. The van der Waals surface area contributed by atoms with Crippen LogP contribution in [0.2, 0.25) is 5.02 Å². The molecule has 1 aromatic rings. The van der Waals surface area contributed by atoms with Crippen LogP contribution < -0.4 is 0 Å². The standard InChI is InChI=1S/C7H3ClF2O.C2H6/c8-5-2-7(10)6(9)1-4(5)3-11;1-2/h1-3H;1-2H3. The normalized spacial score (nSPS) is 8.69. The number of benzene rings is 1. The van der Waals surface area contributed by atoms with Crippen molar-refractivity contribution in [3.8, 4) is 0 Å². The molecule has 0 aromatic heterocycles. The van der Waals surface area contributed by atoms with Gasteiger partial charge in [0.25, 0.3) is 0 Å². The van der Waals surface area contributed by atoms with Gasteiger partial charge < -0.3 is 0 Å². The van der Waals surface area contributed by atoms with Gasteiger partial charge in [0, 0.05) is 5.56 Å². The largest absolute Gasteiger partial charge is 0.298 e. The molecule has 0 saturated heterocycles. The highest BCUT2D eigenvalue weighted by molar-refractivity contribution is 6.32. The highest BCUT2D eigenvalue weighted by Crippen LogP contribution is 2.17. The van der Waals surface area contributed by atoms with Crippen LogP contribution in [0.5, 0.6) is 0 Å². The van der Waals surface area contributed by atoms with Crippen molar-refractivity contribution in [2.75, 3.05) is 0 Å². The van der Waals surface area contributed by atoms with Crippen LogP contribution in [-0.2, 0) is 0 Å². The molecule has 0 unspecified atom stereocenters. The summed E-state index contributed by atoms with van der Waals surface area (Å²) in [6, 6.07) is 1.52. The van der Waals surface area contributed by atoms with Crippen molar-refractivity contribution in [2.24, 2.45) is 0 Å². The average Bonchev–Trinajstić information content (AvgIpc) is 2.15. The second-order valence-corrected chi connectivity index (χ2v) is 2.31. The summed E-state index contributed by atoms with van der Waals surface area (Å²) < 4.78 is 24.7. The first-order valence-electron chi connectivity index (χ1n) is 3.75. The Morgan fingerprint density at radius 3 is 2.15 bits per heavy atom. The summed E-state index contributed by atoms with van der Waals surface area (Å²) in [6.07, 6.45) is 0.366. The lowest BCUT2D eigenvalue weighted by Gasteiger charge is -1.96. The Balaban J connectivity index is 0.000000671. The number of halogens is 3. The Hall–Kier alpha value is -0.960. The van der Waals surface area contributed by atoms with Crippen LogP contribution >= 0.6 is 11.6 Å². The molecule has 1 aromatic carbocycles. The number of carbonyl (C=O) groups is 1. The van der Waals surface area contributed by atoms with Gasteiger partial charge in [-0.05, 0) is 12.1 Å². The minimum Gasteiger partial charge on any atom is -0.298 e. The Labute approximate surface area is 80.3 Å². The Morgan fingerprint density at radius 1 is 1.23 bits per heavy atom. The molecule has 0 fully saturated rings. The first-order chi connectivity index (χ1) is 6.15. The summed E-state index contributed by atoms with van der Waals surface area (Å²) in [5, 5.41) is -0.0844. The molecule has 0 N–H and O–H groups in total. The second-order valence-electron chi connectivity index (χ2n) is 1.91. The second kappa shape index (κ2) is 5.65. The van der Waals surface area contributed by atoms with Crippen LogP contribution in [-0.4, -0.2) is 6.29 Å². The molecule has 72 valence electrons. The molecule has 0 spiro atoms.